The van der Waals surface area contributed by atoms with E-state index in [1.165, 1.54) is 4.57 Å². The van der Waals surface area contributed by atoms with Crippen LogP contribution in [0.4, 0.5) is 10.6 Å². The van der Waals surface area contributed by atoms with Crippen molar-refractivity contribution in [1.82, 2.24) is 4.57 Å². The fourth-order valence-electron chi connectivity index (χ4n) is 3.70. The Hall–Kier alpha value is -3.23. The third-order valence-corrected chi connectivity index (χ3v) is 6.40. The van der Waals surface area contributed by atoms with E-state index in [0.717, 1.165) is 33.6 Å². The minimum absolute atomic E-state index is 0.0460. The number of carboxylic acids is 1. The van der Waals surface area contributed by atoms with Crippen molar-refractivity contribution in [3.8, 4) is 11.1 Å². The lowest BCUT2D eigenvalue weighted by atomic mass is 9.98. The molecule has 1 aliphatic rings. The number of hydrogen-bond acceptors (Lipinski definition) is 5. The second kappa shape index (κ2) is 8.25. The Morgan fingerprint density at radius 3 is 2.33 bits per heavy atom. The Balaban J connectivity index is 1.55. The van der Waals surface area contributed by atoms with E-state index in [0.29, 0.717) is 3.95 Å². The summed E-state index contributed by atoms with van der Waals surface area (Å²) in [5, 5.41) is 12.0. The zero-order valence-electron chi connectivity index (χ0n) is 15.8. The molecular formula is C22H18N2O4S2. The number of carboxylic acid groups (broad SMARTS) is 1. The van der Waals surface area contributed by atoms with Crippen LogP contribution < -0.4 is 5.32 Å². The number of anilines is 1. The van der Waals surface area contributed by atoms with E-state index in [1.807, 2.05) is 36.4 Å². The van der Waals surface area contributed by atoms with Crippen LogP contribution in [-0.2, 0) is 11.3 Å². The molecule has 0 bridgehead atoms. The molecule has 0 aliphatic heterocycles. The van der Waals surface area contributed by atoms with Gasteiger partial charge in [-0.25, -0.2) is 9.59 Å². The first kappa shape index (κ1) is 20.1. The molecule has 4 rings (SSSR count). The number of allylic oxidation sites excluding steroid dienone is 1. The van der Waals surface area contributed by atoms with Crippen LogP contribution in [0.15, 0.2) is 61.2 Å². The van der Waals surface area contributed by atoms with Crippen molar-refractivity contribution in [2.24, 2.45) is 0 Å². The molecule has 1 amide bonds. The van der Waals surface area contributed by atoms with Crippen LogP contribution in [0, 0.1) is 3.95 Å². The van der Waals surface area contributed by atoms with E-state index in [2.05, 4.69) is 24.0 Å². The molecule has 8 heteroatoms. The van der Waals surface area contributed by atoms with Crippen LogP contribution in [0.1, 0.15) is 26.7 Å². The van der Waals surface area contributed by atoms with Gasteiger partial charge in [-0.3, -0.25) is 5.32 Å². The standard InChI is InChI=1S/C22H18N2O4S2/c1-2-11-24-19(18(20(25)26)30-22(24)29)23-21(27)28-12-17-15-9-5-3-7-13(15)14-8-4-6-10-16(14)17/h2-10,17H,1,11-12H2,(H,23,27)(H,25,26). The zero-order valence-corrected chi connectivity index (χ0v) is 17.5. The van der Waals surface area contributed by atoms with Gasteiger partial charge in [-0.1, -0.05) is 65.9 Å². The Labute approximate surface area is 182 Å². The maximum atomic E-state index is 12.5. The topological polar surface area (TPSA) is 80.6 Å². The fourth-order valence-corrected chi connectivity index (χ4v) is 4.91. The minimum atomic E-state index is -1.16. The normalized spacial score (nSPS) is 12.1. The van der Waals surface area contributed by atoms with E-state index >= 15 is 0 Å². The zero-order chi connectivity index (χ0) is 21.3. The molecule has 0 unspecified atom stereocenters. The smallest absolute Gasteiger partial charge is 0.412 e. The third kappa shape index (κ3) is 3.55. The number of nitrogens with zero attached hydrogens (tertiary/aromatic N) is 1. The van der Waals surface area contributed by atoms with E-state index in [1.54, 1.807) is 6.08 Å². The van der Waals surface area contributed by atoms with Gasteiger partial charge in [0.25, 0.3) is 0 Å². The van der Waals surface area contributed by atoms with Crippen LogP contribution in [-0.4, -0.2) is 28.3 Å². The summed E-state index contributed by atoms with van der Waals surface area (Å²) in [5.41, 5.74) is 4.46. The average Bonchev–Trinajstić information content (AvgIpc) is 3.22. The van der Waals surface area contributed by atoms with Gasteiger partial charge in [0, 0.05) is 12.5 Å². The number of carbonyl (C=O) groups excluding carboxylic acids is 1. The number of amides is 1. The van der Waals surface area contributed by atoms with Crippen molar-refractivity contribution >= 4 is 41.4 Å². The van der Waals surface area contributed by atoms with Crippen LogP contribution >= 0.6 is 23.6 Å². The Morgan fingerprint density at radius 2 is 1.77 bits per heavy atom. The Morgan fingerprint density at radius 1 is 1.17 bits per heavy atom. The molecule has 0 saturated carbocycles. The molecule has 6 nitrogen and oxygen atoms in total. The van der Waals surface area contributed by atoms with Crippen LogP contribution in [0.3, 0.4) is 0 Å². The summed E-state index contributed by atoms with van der Waals surface area (Å²) in [4.78, 5) is 24.0. The van der Waals surface area contributed by atoms with Crippen LogP contribution in [0.25, 0.3) is 11.1 Å². The Bertz CT molecular complexity index is 1170. The number of aromatic carboxylic acids is 1. The molecule has 0 saturated heterocycles. The number of hydrogen-bond donors (Lipinski definition) is 2. The van der Waals surface area contributed by atoms with Gasteiger partial charge in [0.05, 0.1) is 0 Å². The maximum Gasteiger partial charge on any atom is 0.412 e. The van der Waals surface area contributed by atoms with Crippen LogP contribution in [0.5, 0.6) is 0 Å². The number of nitrogens with one attached hydrogen (secondary N) is 1. The first-order chi connectivity index (χ1) is 14.5. The number of aromatic nitrogens is 1. The van der Waals surface area contributed by atoms with Gasteiger partial charge in [-0.2, -0.15) is 0 Å². The lowest BCUT2D eigenvalue weighted by Gasteiger charge is -2.15. The molecule has 3 aromatic rings. The molecule has 0 radical (unpaired) electrons. The molecule has 1 heterocycles. The molecule has 0 spiro atoms. The highest BCUT2D eigenvalue weighted by Crippen LogP contribution is 2.44. The van der Waals surface area contributed by atoms with Crippen LogP contribution in [0.2, 0.25) is 0 Å². The van der Waals surface area contributed by atoms with Crippen molar-refractivity contribution in [1.29, 1.82) is 0 Å². The predicted octanol–water partition coefficient (Wildman–Crippen LogP) is 5.52. The number of thiazole rings is 1. The monoisotopic (exact) mass is 438 g/mol. The molecule has 1 aliphatic carbocycles. The van der Waals surface area contributed by atoms with Crippen molar-refractivity contribution in [3.05, 3.63) is 81.1 Å². The number of carbonyl (C=O) groups is 2. The summed E-state index contributed by atoms with van der Waals surface area (Å²) in [6.45, 7) is 4.06. The van der Waals surface area contributed by atoms with Gasteiger partial charge < -0.3 is 14.4 Å². The maximum absolute atomic E-state index is 12.5. The van der Waals surface area contributed by atoms with Gasteiger partial charge in [0.2, 0.25) is 0 Å². The molecule has 1 aromatic heterocycles. The highest BCUT2D eigenvalue weighted by atomic mass is 32.1. The first-order valence-corrected chi connectivity index (χ1v) is 10.4. The van der Waals surface area contributed by atoms with E-state index < -0.39 is 12.1 Å². The quantitative estimate of drug-likeness (QED) is 0.391. The van der Waals surface area contributed by atoms with Gasteiger partial charge in [-0.05, 0) is 34.5 Å². The minimum Gasteiger partial charge on any atom is -0.477 e. The lowest BCUT2D eigenvalue weighted by molar-refractivity contribution is 0.0702. The van der Waals surface area contributed by atoms with E-state index in [4.69, 9.17) is 17.0 Å². The summed E-state index contributed by atoms with van der Waals surface area (Å²) in [7, 11) is 0. The summed E-state index contributed by atoms with van der Waals surface area (Å²) in [6, 6.07) is 16.1. The number of rotatable bonds is 6. The number of ether oxygens (including phenoxy) is 1. The highest BCUT2D eigenvalue weighted by Gasteiger charge is 2.29. The first-order valence-electron chi connectivity index (χ1n) is 9.21. The second-order valence-corrected chi connectivity index (χ2v) is 8.34. The summed E-state index contributed by atoms with van der Waals surface area (Å²) in [5.74, 6) is -1.14. The van der Waals surface area contributed by atoms with Gasteiger partial charge >= 0.3 is 12.1 Å². The van der Waals surface area contributed by atoms with Crippen molar-refractivity contribution in [2.75, 3.05) is 11.9 Å². The van der Waals surface area contributed by atoms with Crippen molar-refractivity contribution in [3.63, 3.8) is 0 Å². The molecule has 0 fully saturated rings. The lowest BCUT2D eigenvalue weighted by Crippen LogP contribution is -2.21. The largest absolute Gasteiger partial charge is 0.477 e. The summed E-state index contributed by atoms with van der Waals surface area (Å²) < 4.78 is 7.36. The van der Waals surface area contributed by atoms with Crippen molar-refractivity contribution < 1.29 is 19.4 Å². The molecule has 2 N–H and O–H groups in total. The molecule has 30 heavy (non-hydrogen) atoms. The van der Waals surface area contributed by atoms with E-state index in [9.17, 15) is 14.7 Å². The Kier molecular flexibility index (Phi) is 5.52. The second-order valence-electron chi connectivity index (χ2n) is 6.70. The summed E-state index contributed by atoms with van der Waals surface area (Å²) >= 11 is 6.13. The molecule has 2 aromatic carbocycles. The number of fused-ring (bicyclic) bond motifs is 3. The summed E-state index contributed by atoms with van der Waals surface area (Å²) in [6.07, 6.45) is 0.849. The third-order valence-electron chi connectivity index (χ3n) is 4.96. The van der Waals surface area contributed by atoms with E-state index in [-0.39, 0.29) is 29.8 Å². The fraction of sp³-hybridized carbons (Fsp3) is 0.136. The van der Waals surface area contributed by atoms with Gasteiger partial charge in [-0.15, -0.1) is 6.58 Å². The SMILES string of the molecule is C=CCn1c(NC(=O)OCC2c3ccccc3-c3ccccc32)c(C(=O)O)sc1=S. The molecule has 152 valence electrons. The average molecular weight is 439 g/mol. The number of benzene rings is 2. The highest BCUT2D eigenvalue weighted by molar-refractivity contribution is 7.73. The predicted molar refractivity (Wildman–Crippen MR) is 119 cm³/mol. The van der Waals surface area contributed by atoms with Gasteiger partial charge in [0.15, 0.2) is 8.83 Å². The molecule has 0 atom stereocenters. The van der Waals surface area contributed by atoms with Gasteiger partial charge in [0.1, 0.15) is 12.4 Å². The molecular weight excluding hydrogens is 420 g/mol. The van der Waals surface area contributed by atoms with Crippen molar-refractivity contribution in [2.45, 2.75) is 12.5 Å².